The van der Waals surface area contributed by atoms with Crippen LogP contribution in [-0.2, 0) is 0 Å². The van der Waals surface area contributed by atoms with Crippen molar-refractivity contribution in [2.24, 2.45) is 0 Å². The maximum Gasteiger partial charge on any atom is 0.0695 e. The predicted octanol–water partition coefficient (Wildman–Crippen LogP) is 4.93. The van der Waals surface area contributed by atoms with Crippen LogP contribution < -0.4 is 0 Å². The van der Waals surface area contributed by atoms with Gasteiger partial charge in [0.2, 0.25) is 0 Å². The molecule has 0 bridgehead atoms. The molecule has 1 atom stereocenters. The maximum atomic E-state index is 6.38. The molecule has 0 nitrogen and oxygen atoms in total. The molecule has 0 aliphatic heterocycles. The third kappa shape index (κ3) is 2.99. The molecule has 0 saturated carbocycles. The van der Waals surface area contributed by atoms with Gasteiger partial charge in [-0.15, -0.1) is 11.6 Å². The Balaban J connectivity index is 2.25. The molecule has 0 aliphatic rings. The van der Waals surface area contributed by atoms with Crippen molar-refractivity contribution in [1.29, 1.82) is 0 Å². The first-order valence-electron chi connectivity index (χ1n) is 5.78. The fourth-order valence-electron chi connectivity index (χ4n) is 1.81. The van der Waals surface area contributed by atoms with Crippen LogP contribution in [0.4, 0.5) is 0 Å². The highest BCUT2D eigenvalue weighted by Crippen LogP contribution is 2.26. The monoisotopic (exact) mass is 259 g/mol. The molecule has 2 aromatic carbocycles. The van der Waals surface area contributed by atoms with E-state index >= 15 is 0 Å². The van der Waals surface area contributed by atoms with Crippen molar-refractivity contribution in [3.8, 4) is 11.1 Å². The van der Waals surface area contributed by atoms with Crippen LogP contribution in [0, 0.1) is 0 Å². The van der Waals surface area contributed by atoms with Gasteiger partial charge in [0.25, 0.3) is 0 Å². The first-order chi connectivity index (χ1) is 8.18. The number of halogens is 1. The second-order valence-corrected chi connectivity index (χ2v) is 7.96. The molecule has 1 unspecified atom stereocenters. The SMILES string of the molecule is C[Si](C)C(Cl)c1ccc(-c2ccccc2)cc1. The molecule has 17 heavy (non-hydrogen) atoms. The summed E-state index contributed by atoms with van der Waals surface area (Å²) in [7, 11) is -0.476. The Hall–Kier alpha value is -1.05. The third-order valence-corrected chi connectivity index (χ3v) is 5.73. The van der Waals surface area contributed by atoms with Crippen LogP contribution in [0.25, 0.3) is 11.1 Å². The smallest absolute Gasteiger partial charge is 0.0695 e. The molecule has 0 heterocycles. The summed E-state index contributed by atoms with van der Waals surface area (Å²) >= 11 is 6.38. The number of alkyl halides is 1. The highest BCUT2D eigenvalue weighted by atomic mass is 35.5. The summed E-state index contributed by atoms with van der Waals surface area (Å²) < 4.78 is 0. The minimum atomic E-state index is -0.476. The van der Waals surface area contributed by atoms with E-state index < -0.39 is 8.80 Å². The lowest BCUT2D eigenvalue weighted by Crippen LogP contribution is -2.09. The van der Waals surface area contributed by atoms with E-state index in [1.807, 2.05) is 6.07 Å². The number of hydrogen-bond donors (Lipinski definition) is 0. The predicted molar refractivity (Wildman–Crippen MR) is 78.0 cm³/mol. The van der Waals surface area contributed by atoms with Gasteiger partial charge in [0.1, 0.15) is 0 Å². The average Bonchev–Trinajstić information content (AvgIpc) is 2.39. The van der Waals surface area contributed by atoms with Gasteiger partial charge < -0.3 is 0 Å². The van der Waals surface area contributed by atoms with Gasteiger partial charge in [-0.1, -0.05) is 67.7 Å². The summed E-state index contributed by atoms with van der Waals surface area (Å²) in [6.45, 7) is 4.49. The standard InChI is InChI=1S/C15H16ClSi/c1-17(2)15(16)14-10-8-13(9-11-14)12-6-4-3-5-7-12/h3-11,15H,1-2H3. The van der Waals surface area contributed by atoms with Gasteiger partial charge in [-0.05, 0) is 16.7 Å². The minimum Gasteiger partial charge on any atom is -0.122 e. The molecule has 0 aliphatic carbocycles. The lowest BCUT2D eigenvalue weighted by molar-refractivity contribution is 1.30. The quantitative estimate of drug-likeness (QED) is 0.542. The van der Waals surface area contributed by atoms with Crippen molar-refractivity contribution in [2.45, 2.75) is 18.1 Å². The molecular formula is C15H16ClSi. The molecule has 0 N–H and O–H groups in total. The summed E-state index contributed by atoms with van der Waals surface area (Å²) in [6.07, 6.45) is 0. The van der Waals surface area contributed by atoms with Crippen molar-refractivity contribution < 1.29 is 0 Å². The van der Waals surface area contributed by atoms with Crippen LogP contribution in [0.5, 0.6) is 0 Å². The third-order valence-electron chi connectivity index (χ3n) is 2.82. The van der Waals surface area contributed by atoms with Crippen molar-refractivity contribution in [1.82, 2.24) is 0 Å². The molecule has 1 radical (unpaired) electrons. The first kappa shape index (κ1) is 12.4. The van der Waals surface area contributed by atoms with Crippen LogP contribution in [0.3, 0.4) is 0 Å². The van der Waals surface area contributed by atoms with Gasteiger partial charge in [-0.3, -0.25) is 0 Å². The highest BCUT2D eigenvalue weighted by molar-refractivity contribution is 6.66. The van der Waals surface area contributed by atoms with Crippen LogP contribution in [0.15, 0.2) is 54.6 Å². The molecule has 0 fully saturated rings. The number of benzene rings is 2. The van der Waals surface area contributed by atoms with E-state index in [0.29, 0.717) is 0 Å². The van der Waals surface area contributed by atoms with E-state index in [-0.39, 0.29) is 5.00 Å². The molecule has 0 amide bonds. The fourth-order valence-corrected chi connectivity index (χ4v) is 2.81. The second-order valence-electron chi connectivity index (χ2n) is 4.43. The zero-order chi connectivity index (χ0) is 12.3. The van der Waals surface area contributed by atoms with Gasteiger partial charge in [-0.25, -0.2) is 0 Å². The van der Waals surface area contributed by atoms with Crippen molar-refractivity contribution >= 4 is 20.4 Å². The molecular weight excluding hydrogens is 244 g/mol. The topological polar surface area (TPSA) is 0 Å². The summed E-state index contributed by atoms with van der Waals surface area (Å²) in [5.74, 6) is 0. The largest absolute Gasteiger partial charge is 0.122 e. The molecule has 2 heteroatoms. The van der Waals surface area contributed by atoms with Crippen LogP contribution >= 0.6 is 11.6 Å². The summed E-state index contributed by atoms with van der Waals surface area (Å²) in [6, 6.07) is 19.0. The Morgan fingerprint density at radius 1 is 0.824 bits per heavy atom. The van der Waals surface area contributed by atoms with E-state index in [9.17, 15) is 0 Å². The van der Waals surface area contributed by atoms with Gasteiger partial charge in [0, 0.05) is 5.00 Å². The maximum absolute atomic E-state index is 6.38. The van der Waals surface area contributed by atoms with E-state index in [1.165, 1.54) is 16.7 Å². The zero-order valence-corrected chi connectivity index (χ0v) is 11.9. The zero-order valence-electron chi connectivity index (χ0n) is 10.2. The molecule has 2 aromatic rings. The Kier molecular flexibility index (Phi) is 4.03. The average molecular weight is 260 g/mol. The van der Waals surface area contributed by atoms with Gasteiger partial charge in [0.15, 0.2) is 0 Å². The Bertz CT molecular complexity index is 462. The van der Waals surface area contributed by atoms with Gasteiger partial charge in [0.05, 0.1) is 8.80 Å². The van der Waals surface area contributed by atoms with Crippen LogP contribution in [0.1, 0.15) is 10.6 Å². The van der Waals surface area contributed by atoms with Crippen LogP contribution in [0.2, 0.25) is 13.1 Å². The molecule has 0 spiro atoms. The molecule has 0 saturated heterocycles. The Morgan fingerprint density at radius 3 is 1.88 bits per heavy atom. The van der Waals surface area contributed by atoms with Crippen molar-refractivity contribution in [2.75, 3.05) is 0 Å². The number of hydrogen-bond acceptors (Lipinski definition) is 0. The lowest BCUT2D eigenvalue weighted by atomic mass is 10.0. The lowest BCUT2D eigenvalue weighted by Gasteiger charge is -2.12. The minimum absolute atomic E-state index is 0.199. The Labute approximate surface area is 110 Å². The van der Waals surface area contributed by atoms with E-state index in [2.05, 4.69) is 61.6 Å². The summed E-state index contributed by atoms with van der Waals surface area (Å²) in [5.41, 5.74) is 3.74. The molecule has 2 rings (SSSR count). The summed E-state index contributed by atoms with van der Waals surface area (Å²) in [4.78, 5) is 0. The van der Waals surface area contributed by atoms with E-state index in [4.69, 9.17) is 11.6 Å². The number of rotatable bonds is 3. The Morgan fingerprint density at radius 2 is 1.35 bits per heavy atom. The normalized spacial score (nSPS) is 12.7. The van der Waals surface area contributed by atoms with Crippen LogP contribution in [-0.4, -0.2) is 8.80 Å². The van der Waals surface area contributed by atoms with Crippen molar-refractivity contribution in [3.63, 3.8) is 0 Å². The molecule has 0 aromatic heterocycles. The fraction of sp³-hybridized carbons (Fsp3) is 0.200. The summed E-state index contributed by atoms with van der Waals surface area (Å²) in [5, 5.41) is 0.199. The molecule has 87 valence electrons. The van der Waals surface area contributed by atoms with E-state index in [1.54, 1.807) is 0 Å². The van der Waals surface area contributed by atoms with Gasteiger partial charge >= 0.3 is 0 Å². The van der Waals surface area contributed by atoms with Gasteiger partial charge in [-0.2, -0.15) is 0 Å². The van der Waals surface area contributed by atoms with Crippen molar-refractivity contribution in [3.05, 3.63) is 60.2 Å². The second kappa shape index (κ2) is 5.52. The highest BCUT2D eigenvalue weighted by Gasteiger charge is 2.13. The van der Waals surface area contributed by atoms with E-state index in [0.717, 1.165) is 0 Å². The first-order valence-corrected chi connectivity index (χ1v) is 8.79.